The van der Waals surface area contributed by atoms with Crippen molar-refractivity contribution in [2.45, 2.75) is 57.4 Å². The second-order valence-corrected chi connectivity index (χ2v) is 10.1. The smallest absolute Gasteiger partial charge is 0.251 e. The molecular formula is C20H32N2O3S. The Morgan fingerprint density at radius 3 is 2.46 bits per heavy atom. The summed E-state index contributed by atoms with van der Waals surface area (Å²) in [6.07, 6.45) is 3.71. The molecule has 0 radical (unpaired) electrons. The minimum Gasteiger partial charge on any atom is -0.350 e. The Bertz CT molecular complexity index is 711. The first-order valence-corrected chi connectivity index (χ1v) is 11.2. The Kier molecular flexibility index (Phi) is 6.86. The van der Waals surface area contributed by atoms with Crippen LogP contribution in [-0.4, -0.2) is 50.2 Å². The first kappa shape index (κ1) is 20.9. The van der Waals surface area contributed by atoms with E-state index in [1.54, 1.807) is 19.1 Å². The first-order valence-electron chi connectivity index (χ1n) is 9.55. The monoisotopic (exact) mass is 380 g/mol. The number of piperidine rings is 1. The quantitative estimate of drug-likeness (QED) is 0.789. The van der Waals surface area contributed by atoms with Gasteiger partial charge < -0.3 is 5.32 Å². The average molecular weight is 381 g/mol. The van der Waals surface area contributed by atoms with Crippen LogP contribution in [0.15, 0.2) is 29.2 Å². The van der Waals surface area contributed by atoms with E-state index in [-0.39, 0.29) is 22.1 Å². The molecule has 0 spiro atoms. The van der Waals surface area contributed by atoms with Gasteiger partial charge in [-0.15, -0.1) is 0 Å². The number of hydrogen-bond donors (Lipinski definition) is 1. The molecule has 1 heterocycles. The lowest BCUT2D eigenvalue weighted by Gasteiger charge is -2.43. The van der Waals surface area contributed by atoms with E-state index in [0.29, 0.717) is 12.1 Å². The fourth-order valence-electron chi connectivity index (χ4n) is 3.44. The Labute approximate surface area is 158 Å². The lowest BCUT2D eigenvalue weighted by atomic mass is 9.91. The van der Waals surface area contributed by atoms with Gasteiger partial charge in [0.25, 0.3) is 5.91 Å². The SMILES string of the molecule is CCC1CCCN(C(C)(C)CNC(=O)c2ccc(S(=O)(=O)CC)cc2)C1. The van der Waals surface area contributed by atoms with E-state index < -0.39 is 9.84 Å². The summed E-state index contributed by atoms with van der Waals surface area (Å²) in [5.41, 5.74) is 0.385. The molecule has 5 nitrogen and oxygen atoms in total. The van der Waals surface area contributed by atoms with Gasteiger partial charge in [0.05, 0.1) is 10.6 Å². The summed E-state index contributed by atoms with van der Waals surface area (Å²) in [5.74, 6) is 0.635. The third-order valence-electron chi connectivity index (χ3n) is 5.49. The van der Waals surface area contributed by atoms with Crippen molar-refractivity contribution in [1.82, 2.24) is 10.2 Å². The van der Waals surface area contributed by atoms with Gasteiger partial charge in [-0.25, -0.2) is 8.42 Å². The van der Waals surface area contributed by atoms with Crippen LogP contribution in [0.2, 0.25) is 0 Å². The molecule has 1 aromatic rings. The second kappa shape index (κ2) is 8.53. The molecule has 1 unspecified atom stereocenters. The van der Waals surface area contributed by atoms with Crippen molar-refractivity contribution in [1.29, 1.82) is 0 Å². The normalized spacial score (nSPS) is 19.3. The number of hydrogen-bond acceptors (Lipinski definition) is 4. The molecule has 2 rings (SSSR count). The molecule has 1 aliphatic rings. The van der Waals surface area contributed by atoms with Crippen LogP contribution in [0, 0.1) is 5.92 Å². The summed E-state index contributed by atoms with van der Waals surface area (Å²) in [4.78, 5) is 15.2. The summed E-state index contributed by atoms with van der Waals surface area (Å²) < 4.78 is 23.7. The van der Waals surface area contributed by atoms with Crippen LogP contribution in [0.1, 0.15) is 57.3 Å². The summed E-state index contributed by atoms with van der Waals surface area (Å²) >= 11 is 0. The molecule has 0 aromatic heterocycles. The van der Waals surface area contributed by atoms with E-state index in [0.717, 1.165) is 19.0 Å². The average Bonchev–Trinajstić information content (AvgIpc) is 2.66. The van der Waals surface area contributed by atoms with Crippen LogP contribution in [0.5, 0.6) is 0 Å². The number of likely N-dealkylation sites (tertiary alicyclic amines) is 1. The maximum atomic E-state index is 12.4. The molecule has 0 aliphatic carbocycles. The number of carbonyl (C=O) groups excluding carboxylic acids is 1. The molecule has 0 bridgehead atoms. The van der Waals surface area contributed by atoms with Gasteiger partial charge in [-0.1, -0.05) is 20.3 Å². The lowest BCUT2D eigenvalue weighted by molar-refractivity contribution is 0.0612. The zero-order chi connectivity index (χ0) is 19.4. The molecule has 1 aromatic carbocycles. The van der Waals surface area contributed by atoms with Crippen LogP contribution >= 0.6 is 0 Å². The van der Waals surface area contributed by atoms with E-state index >= 15 is 0 Å². The zero-order valence-corrected chi connectivity index (χ0v) is 17.2. The van der Waals surface area contributed by atoms with Gasteiger partial charge in [0.15, 0.2) is 9.84 Å². The third kappa shape index (κ3) is 5.07. The maximum Gasteiger partial charge on any atom is 0.251 e. The number of nitrogens with zero attached hydrogens (tertiary/aromatic N) is 1. The molecule has 1 amide bonds. The summed E-state index contributed by atoms with van der Waals surface area (Å²) in [7, 11) is -3.24. The van der Waals surface area contributed by atoms with Gasteiger partial charge in [0.1, 0.15) is 0 Å². The molecule has 1 N–H and O–H groups in total. The third-order valence-corrected chi connectivity index (χ3v) is 7.24. The highest BCUT2D eigenvalue weighted by atomic mass is 32.2. The maximum absolute atomic E-state index is 12.4. The van der Waals surface area contributed by atoms with Gasteiger partial charge in [0.2, 0.25) is 0 Å². The first-order chi connectivity index (χ1) is 12.2. The van der Waals surface area contributed by atoms with Gasteiger partial charge in [0, 0.05) is 24.2 Å². The molecule has 1 fully saturated rings. The molecule has 1 aliphatic heterocycles. The van der Waals surface area contributed by atoms with Crippen molar-refractivity contribution in [3.8, 4) is 0 Å². The van der Waals surface area contributed by atoms with Crippen LogP contribution in [-0.2, 0) is 9.84 Å². The van der Waals surface area contributed by atoms with Crippen LogP contribution in [0.4, 0.5) is 0 Å². The highest BCUT2D eigenvalue weighted by Crippen LogP contribution is 2.25. The Balaban J connectivity index is 1.97. The van der Waals surface area contributed by atoms with Crippen LogP contribution in [0.3, 0.4) is 0 Å². The van der Waals surface area contributed by atoms with Gasteiger partial charge in [-0.2, -0.15) is 0 Å². The Morgan fingerprint density at radius 2 is 1.88 bits per heavy atom. The van der Waals surface area contributed by atoms with E-state index in [9.17, 15) is 13.2 Å². The fraction of sp³-hybridized carbons (Fsp3) is 0.650. The summed E-state index contributed by atoms with van der Waals surface area (Å²) in [6.45, 7) is 10.9. The van der Waals surface area contributed by atoms with E-state index in [1.807, 2.05) is 0 Å². The minimum atomic E-state index is -3.24. The molecule has 26 heavy (non-hydrogen) atoms. The molecule has 6 heteroatoms. The van der Waals surface area contributed by atoms with Crippen molar-refractivity contribution in [2.24, 2.45) is 5.92 Å². The number of carbonyl (C=O) groups is 1. The molecule has 1 saturated heterocycles. The molecular weight excluding hydrogens is 348 g/mol. The molecule has 0 saturated carbocycles. The largest absolute Gasteiger partial charge is 0.350 e. The van der Waals surface area contributed by atoms with Crippen LogP contribution in [0.25, 0.3) is 0 Å². The van der Waals surface area contributed by atoms with Crippen molar-refractivity contribution < 1.29 is 13.2 Å². The highest BCUT2D eigenvalue weighted by Gasteiger charge is 2.31. The topological polar surface area (TPSA) is 66.5 Å². The number of nitrogens with one attached hydrogen (secondary N) is 1. The van der Waals surface area contributed by atoms with Crippen molar-refractivity contribution >= 4 is 15.7 Å². The fourth-order valence-corrected chi connectivity index (χ4v) is 4.32. The Morgan fingerprint density at radius 1 is 1.23 bits per heavy atom. The van der Waals surface area contributed by atoms with Gasteiger partial charge in [-0.3, -0.25) is 9.69 Å². The summed E-state index contributed by atoms with van der Waals surface area (Å²) in [5, 5.41) is 3.01. The Hall–Kier alpha value is -1.40. The minimum absolute atomic E-state index is 0.0569. The van der Waals surface area contributed by atoms with Gasteiger partial charge >= 0.3 is 0 Å². The highest BCUT2D eigenvalue weighted by molar-refractivity contribution is 7.91. The predicted molar refractivity (Wildman–Crippen MR) is 105 cm³/mol. The van der Waals surface area contributed by atoms with E-state index in [2.05, 4.69) is 31.0 Å². The zero-order valence-electron chi connectivity index (χ0n) is 16.4. The predicted octanol–water partition coefficient (Wildman–Crippen LogP) is 3.11. The summed E-state index contributed by atoms with van der Waals surface area (Å²) in [6, 6.07) is 6.18. The van der Waals surface area contributed by atoms with Crippen molar-refractivity contribution in [3.63, 3.8) is 0 Å². The molecule has 1 atom stereocenters. The molecule has 146 valence electrons. The lowest BCUT2D eigenvalue weighted by Crippen LogP contribution is -2.54. The van der Waals surface area contributed by atoms with Gasteiger partial charge in [-0.05, 0) is 63.4 Å². The van der Waals surface area contributed by atoms with Crippen LogP contribution < -0.4 is 5.32 Å². The van der Waals surface area contributed by atoms with Crippen molar-refractivity contribution in [3.05, 3.63) is 29.8 Å². The number of amides is 1. The van der Waals surface area contributed by atoms with E-state index in [1.165, 1.54) is 31.4 Å². The standard InChI is InChI=1S/C20H32N2O3S/c1-5-16-8-7-13-22(14-16)20(3,4)15-21-19(23)17-9-11-18(12-10-17)26(24,25)6-2/h9-12,16H,5-8,13-15H2,1-4H3,(H,21,23). The number of benzene rings is 1. The second-order valence-electron chi connectivity index (χ2n) is 7.79. The van der Waals surface area contributed by atoms with E-state index in [4.69, 9.17) is 0 Å². The van der Waals surface area contributed by atoms with Crippen molar-refractivity contribution in [2.75, 3.05) is 25.4 Å². The number of sulfone groups is 1. The number of rotatable bonds is 7.